The lowest BCUT2D eigenvalue weighted by molar-refractivity contribution is 0.00578. The Morgan fingerprint density at radius 2 is 1.70 bits per heavy atom. The van der Waals surface area contributed by atoms with Gasteiger partial charge in [-0.1, -0.05) is 18.2 Å². The average Bonchev–Trinajstić information content (AvgIpc) is 2.96. The molecular weight excluding hydrogens is 289 g/mol. The highest BCUT2D eigenvalue weighted by molar-refractivity contribution is 6.62. The van der Waals surface area contributed by atoms with Crippen molar-refractivity contribution < 1.29 is 9.31 Å². The van der Waals surface area contributed by atoms with Gasteiger partial charge in [0.1, 0.15) is 5.82 Å². The van der Waals surface area contributed by atoms with Crippen LogP contribution in [0.4, 0.5) is 0 Å². The maximum absolute atomic E-state index is 6.15. The van der Waals surface area contributed by atoms with Crippen molar-refractivity contribution in [1.29, 1.82) is 0 Å². The van der Waals surface area contributed by atoms with E-state index in [-0.39, 0.29) is 18.3 Å². The molecule has 0 N–H and O–H groups in total. The molecule has 23 heavy (non-hydrogen) atoms. The zero-order valence-corrected chi connectivity index (χ0v) is 14.1. The Morgan fingerprint density at radius 3 is 2.39 bits per heavy atom. The molecule has 6 heteroatoms. The van der Waals surface area contributed by atoms with E-state index in [9.17, 15) is 0 Å². The van der Waals surface area contributed by atoms with Gasteiger partial charge in [0.05, 0.1) is 11.2 Å². The molecule has 0 radical (unpaired) electrons. The Kier molecular flexibility index (Phi) is 2.90. The molecule has 0 spiro atoms. The van der Waals surface area contributed by atoms with Gasteiger partial charge in [-0.2, -0.15) is 0 Å². The Balaban J connectivity index is 1.85. The van der Waals surface area contributed by atoms with E-state index in [1.807, 2.05) is 17.5 Å². The van der Waals surface area contributed by atoms with E-state index in [1.165, 1.54) is 0 Å². The lowest BCUT2D eigenvalue weighted by atomic mass is 9.78. The van der Waals surface area contributed by atoms with Gasteiger partial charge in [-0.05, 0) is 51.5 Å². The minimum atomic E-state index is -0.367. The Bertz CT molecular complexity index is 901. The van der Waals surface area contributed by atoms with E-state index in [0.29, 0.717) is 0 Å². The third-order valence-corrected chi connectivity index (χ3v) is 5.11. The van der Waals surface area contributed by atoms with E-state index in [2.05, 4.69) is 62.2 Å². The summed E-state index contributed by atoms with van der Waals surface area (Å²) >= 11 is 0. The van der Waals surface area contributed by atoms with E-state index >= 15 is 0 Å². The third-order valence-electron chi connectivity index (χ3n) is 5.11. The summed E-state index contributed by atoms with van der Waals surface area (Å²) in [6, 6.07) is 8.32. The van der Waals surface area contributed by atoms with Gasteiger partial charge in [0.25, 0.3) is 0 Å². The van der Waals surface area contributed by atoms with E-state index in [4.69, 9.17) is 9.31 Å². The highest BCUT2D eigenvalue weighted by atomic mass is 16.7. The van der Waals surface area contributed by atoms with Crippen LogP contribution in [0.3, 0.4) is 0 Å². The van der Waals surface area contributed by atoms with Gasteiger partial charge in [-0.25, -0.2) is 0 Å². The number of fused-ring (bicyclic) bond motifs is 3. The highest BCUT2D eigenvalue weighted by Crippen LogP contribution is 2.36. The lowest BCUT2D eigenvalue weighted by Gasteiger charge is -2.32. The van der Waals surface area contributed by atoms with Gasteiger partial charge in [-0.3, -0.25) is 4.40 Å². The molecule has 3 heterocycles. The molecule has 0 atom stereocenters. The monoisotopic (exact) mass is 309 g/mol. The largest absolute Gasteiger partial charge is 0.494 e. The number of pyridine rings is 1. The average molecular weight is 309 g/mol. The van der Waals surface area contributed by atoms with Crippen LogP contribution in [0.1, 0.15) is 33.5 Å². The van der Waals surface area contributed by atoms with E-state index in [1.54, 1.807) is 0 Å². The second kappa shape index (κ2) is 4.55. The first kappa shape index (κ1) is 14.7. The zero-order chi connectivity index (χ0) is 16.4. The Labute approximate surface area is 135 Å². The number of aromatic nitrogens is 3. The van der Waals surface area contributed by atoms with Crippen molar-refractivity contribution in [1.82, 2.24) is 14.6 Å². The topological polar surface area (TPSA) is 48.7 Å². The van der Waals surface area contributed by atoms with Crippen LogP contribution >= 0.6 is 0 Å². The molecule has 1 aromatic carbocycles. The molecule has 0 saturated carbocycles. The van der Waals surface area contributed by atoms with Crippen molar-refractivity contribution in [3.63, 3.8) is 0 Å². The fraction of sp³-hybridized carbons (Fsp3) is 0.412. The molecule has 4 rings (SSSR count). The van der Waals surface area contributed by atoms with E-state index < -0.39 is 0 Å². The molecule has 118 valence electrons. The summed E-state index contributed by atoms with van der Waals surface area (Å²) < 4.78 is 14.3. The van der Waals surface area contributed by atoms with Crippen LogP contribution < -0.4 is 5.46 Å². The molecule has 1 aliphatic heterocycles. The Hall–Kier alpha value is -1.92. The van der Waals surface area contributed by atoms with Crippen LogP contribution in [0.5, 0.6) is 0 Å². The molecule has 1 fully saturated rings. The molecule has 0 amide bonds. The molecule has 1 aliphatic rings. The van der Waals surface area contributed by atoms with Gasteiger partial charge < -0.3 is 9.31 Å². The van der Waals surface area contributed by atoms with Gasteiger partial charge in [0, 0.05) is 11.6 Å². The van der Waals surface area contributed by atoms with Crippen LogP contribution in [0.25, 0.3) is 16.4 Å². The zero-order valence-electron chi connectivity index (χ0n) is 14.1. The number of benzene rings is 1. The van der Waals surface area contributed by atoms with Gasteiger partial charge in [-0.15, -0.1) is 10.2 Å². The fourth-order valence-electron chi connectivity index (χ4n) is 2.92. The summed E-state index contributed by atoms with van der Waals surface area (Å²) in [5.41, 5.74) is 1.18. The Morgan fingerprint density at radius 1 is 1.00 bits per heavy atom. The third kappa shape index (κ3) is 2.09. The van der Waals surface area contributed by atoms with Gasteiger partial charge >= 0.3 is 7.12 Å². The predicted molar refractivity (Wildman–Crippen MR) is 90.9 cm³/mol. The predicted octanol–water partition coefficient (Wildman–Crippen LogP) is 2.49. The summed E-state index contributed by atoms with van der Waals surface area (Å²) in [4.78, 5) is 0. The first-order valence-electron chi connectivity index (χ1n) is 7.88. The quantitative estimate of drug-likeness (QED) is 0.648. The maximum Gasteiger partial charge on any atom is 0.494 e. The molecule has 1 saturated heterocycles. The molecule has 0 unspecified atom stereocenters. The van der Waals surface area contributed by atoms with Crippen LogP contribution in [-0.2, 0) is 9.31 Å². The fourth-order valence-corrected chi connectivity index (χ4v) is 2.92. The second-order valence-corrected chi connectivity index (χ2v) is 7.19. The van der Waals surface area contributed by atoms with Crippen LogP contribution in [0.2, 0.25) is 0 Å². The van der Waals surface area contributed by atoms with Crippen molar-refractivity contribution in [3.8, 4) is 0 Å². The minimum Gasteiger partial charge on any atom is -0.399 e. The van der Waals surface area contributed by atoms with Crippen molar-refractivity contribution in [2.45, 2.75) is 45.8 Å². The smallest absolute Gasteiger partial charge is 0.399 e. The number of nitrogens with zero attached hydrogens (tertiary/aromatic N) is 3. The maximum atomic E-state index is 6.15. The van der Waals surface area contributed by atoms with Crippen molar-refractivity contribution >= 4 is 29.0 Å². The summed E-state index contributed by atoms with van der Waals surface area (Å²) in [6.07, 6.45) is 2.00. The second-order valence-electron chi connectivity index (χ2n) is 7.19. The SMILES string of the molecule is Cc1nnc2c3cc(B4OC(C)(C)C(C)(C)O4)ccc3ccn12. The molecule has 5 nitrogen and oxygen atoms in total. The van der Waals surface area contributed by atoms with Gasteiger partial charge in [0.15, 0.2) is 5.65 Å². The van der Waals surface area contributed by atoms with Crippen LogP contribution in [-0.4, -0.2) is 32.9 Å². The van der Waals surface area contributed by atoms with E-state index in [0.717, 1.165) is 27.7 Å². The normalized spacial score (nSPS) is 19.8. The first-order valence-corrected chi connectivity index (χ1v) is 7.88. The molecule has 2 aromatic heterocycles. The summed E-state index contributed by atoms with van der Waals surface area (Å²) in [5.74, 6) is 0.878. The lowest BCUT2D eigenvalue weighted by Crippen LogP contribution is -2.41. The summed E-state index contributed by atoms with van der Waals surface area (Å²) in [5, 5.41) is 10.7. The van der Waals surface area contributed by atoms with Crippen molar-refractivity contribution in [2.24, 2.45) is 0 Å². The van der Waals surface area contributed by atoms with Crippen LogP contribution in [0.15, 0.2) is 30.5 Å². The summed E-state index contributed by atoms with van der Waals surface area (Å²) in [6.45, 7) is 10.2. The van der Waals surface area contributed by atoms with Gasteiger partial charge in [0.2, 0.25) is 0 Å². The molecule has 0 aliphatic carbocycles. The number of hydrogen-bond acceptors (Lipinski definition) is 4. The van der Waals surface area contributed by atoms with Crippen molar-refractivity contribution in [3.05, 3.63) is 36.3 Å². The minimum absolute atomic E-state index is 0.343. The molecular formula is C17H20BN3O2. The number of aryl methyl sites for hydroxylation is 1. The molecule has 0 bridgehead atoms. The number of rotatable bonds is 1. The highest BCUT2D eigenvalue weighted by Gasteiger charge is 2.51. The van der Waals surface area contributed by atoms with Crippen molar-refractivity contribution in [2.75, 3.05) is 0 Å². The number of hydrogen-bond donors (Lipinski definition) is 0. The van der Waals surface area contributed by atoms with Crippen LogP contribution in [0, 0.1) is 6.92 Å². The standard InChI is InChI=1S/C17H20BN3O2/c1-11-19-20-15-14-10-13(7-6-12(14)8-9-21(11)15)18-22-16(2,3)17(4,5)23-18/h6-10H,1-5H3. The molecule has 3 aromatic rings. The summed E-state index contributed by atoms with van der Waals surface area (Å²) in [7, 11) is -0.367. The first-order chi connectivity index (χ1) is 10.8.